The third-order valence-corrected chi connectivity index (χ3v) is 5.16. The maximum atomic E-state index is 4.60. The molecule has 0 saturated heterocycles. The van der Waals surface area contributed by atoms with Gasteiger partial charge in [-0.25, -0.2) is 4.98 Å². The quantitative estimate of drug-likeness (QED) is 0.866. The number of rotatable bonds is 2. The van der Waals surface area contributed by atoms with Crippen molar-refractivity contribution in [3.63, 3.8) is 0 Å². The monoisotopic (exact) mass is 252 g/mol. The van der Waals surface area contributed by atoms with Gasteiger partial charge in [0.1, 0.15) is 5.01 Å². The summed E-state index contributed by atoms with van der Waals surface area (Å²) in [6.07, 6.45) is 7.14. The van der Waals surface area contributed by atoms with Crippen LogP contribution in [-0.2, 0) is 5.54 Å². The number of hydrogen-bond donors (Lipinski definition) is 1. The van der Waals surface area contributed by atoms with Crippen LogP contribution in [-0.4, -0.2) is 12.0 Å². The van der Waals surface area contributed by atoms with E-state index >= 15 is 0 Å². The Morgan fingerprint density at radius 1 is 1.41 bits per heavy atom. The van der Waals surface area contributed by atoms with E-state index in [4.69, 9.17) is 0 Å². The molecule has 0 radical (unpaired) electrons. The summed E-state index contributed by atoms with van der Waals surface area (Å²) in [5.74, 6) is 0.667. The molecule has 1 aromatic rings. The summed E-state index contributed by atoms with van der Waals surface area (Å²) >= 11 is 1.80. The van der Waals surface area contributed by atoms with Gasteiger partial charge < -0.3 is 5.32 Å². The number of nitrogens with one attached hydrogen (secondary N) is 1. The highest BCUT2D eigenvalue weighted by atomic mass is 32.1. The fourth-order valence-electron chi connectivity index (χ4n) is 3.45. The van der Waals surface area contributed by atoms with E-state index < -0.39 is 0 Å². The summed E-state index contributed by atoms with van der Waals surface area (Å²) in [5.41, 5.74) is 0.430. The third-order valence-electron chi connectivity index (χ3n) is 4.21. The van der Waals surface area contributed by atoms with Crippen LogP contribution in [0.2, 0.25) is 0 Å². The predicted octanol–water partition coefficient (Wildman–Crippen LogP) is 3.79. The van der Waals surface area contributed by atoms with Crippen LogP contribution in [0.3, 0.4) is 0 Å². The molecule has 1 fully saturated rings. The molecule has 0 amide bonds. The Morgan fingerprint density at radius 3 is 2.71 bits per heavy atom. The minimum atomic E-state index is 0.102. The van der Waals surface area contributed by atoms with Crippen molar-refractivity contribution in [1.82, 2.24) is 10.3 Å². The Hall–Kier alpha value is -0.410. The second kappa shape index (κ2) is 4.69. The molecule has 2 atom stereocenters. The third kappa shape index (κ3) is 2.27. The minimum Gasteiger partial charge on any atom is -0.308 e. The summed E-state index contributed by atoms with van der Waals surface area (Å²) in [6, 6.07) is 0. The first-order valence-electron chi connectivity index (χ1n) is 6.59. The fourth-order valence-corrected chi connectivity index (χ4v) is 4.38. The molecule has 0 aromatic carbocycles. The number of thiazole rings is 1. The highest BCUT2D eigenvalue weighted by Gasteiger charge is 2.47. The van der Waals surface area contributed by atoms with Gasteiger partial charge in [0.05, 0.1) is 5.54 Å². The normalized spacial score (nSPS) is 30.5. The van der Waals surface area contributed by atoms with Crippen LogP contribution < -0.4 is 5.32 Å². The van der Waals surface area contributed by atoms with Crippen LogP contribution in [0.25, 0.3) is 0 Å². The van der Waals surface area contributed by atoms with Crippen molar-refractivity contribution in [3.05, 3.63) is 16.6 Å². The summed E-state index contributed by atoms with van der Waals surface area (Å²) in [4.78, 5) is 4.60. The maximum Gasteiger partial charge on any atom is 0.113 e. The Morgan fingerprint density at radius 2 is 2.18 bits per heavy atom. The largest absolute Gasteiger partial charge is 0.308 e. The Bertz CT molecular complexity index is 353. The van der Waals surface area contributed by atoms with Gasteiger partial charge in [0, 0.05) is 11.6 Å². The second-order valence-electron chi connectivity index (χ2n) is 6.22. The van der Waals surface area contributed by atoms with Gasteiger partial charge in [-0.1, -0.05) is 33.6 Å². The van der Waals surface area contributed by atoms with Gasteiger partial charge in [0.25, 0.3) is 0 Å². The molecular formula is C14H24N2S. The molecule has 0 spiro atoms. The van der Waals surface area contributed by atoms with E-state index in [1.54, 1.807) is 11.3 Å². The molecule has 1 aromatic heterocycles. The molecule has 1 aliphatic rings. The number of nitrogens with zero attached hydrogens (tertiary/aromatic N) is 1. The van der Waals surface area contributed by atoms with E-state index in [9.17, 15) is 0 Å². The van der Waals surface area contributed by atoms with Gasteiger partial charge >= 0.3 is 0 Å². The fraction of sp³-hybridized carbons (Fsp3) is 0.786. The van der Waals surface area contributed by atoms with Gasteiger partial charge in [-0.2, -0.15) is 0 Å². The Balaban J connectivity index is 2.42. The zero-order valence-corrected chi connectivity index (χ0v) is 12.2. The number of hydrogen-bond acceptors (Lipinski definition) is 3. The van der Waals surface area contributed by atoms with E-state index in [-0.39, 0.29) is 5.54 Å². The minimum absolute atomic E-state index is 0.102. The molecule has 96 valence electrons. The van der Waals surface area contributed by atoms with Crippen LogP contribution in [0.4, 0.5) is 0 Å². The molecule has 2 unspecified atom stereocenters. The standard InChI is InChI=1S/C14H24N2S/c1-13(2,3)11-7-5-6-8-14(11,15-4)12-16-9-10-17-12/h9-11,15H,5-8H2,1-4H3. The molecule has 1 N–H and O–H groups in total. The van der Waals surface area contributed by atoms with E-state index in [2.05, 4.69) is 43.5 Å². The molecule has 1 heterocycles. The Kier molecular flexibility index (Phi) is 3.60. The molecule has 1 saturated carbocycles. The molecule has 0 aliphatic heterocycles. The van der Waals surface area contributed by atoms with Gasteiger partial charge in [-0.3, -0.25) is 0 Å². The molecular weight excluding hydrogens is 228 g/mol. The van der Waals surface area contributed by atoms with E-state index in [1.807, 2.05) is 6.20 Å². The van der Waals surface area contributed by atoms with Crippen molar-refractivity contribution in [2.75, 3.05) is 7.05 Å². The molecule has 0 bridgehead atoms. The highest BCUT2D eigenvalue weighted by molar-refractivity contribution is 7.09. The lowest BCUT2D eigenvalue weighted by atomic mass is 9.62. The van der Waals surface area contributed by atoms with E-state index in [0.717, 1.165) is 0 Å². The molecule has 1 aliphatic carbocycles. The first-order chi connectivity index (χ1) is 8.00. The van der Waals surface area contributed by atoms with Crippen LogP contribution in [0.5, 0.6) is 0 Å². The van der Waals surface area contributed by atoms with Crippen molar-refractivity contribution in [3.8, 4) is 0 Å². The van der Waals surface area contributed by atoms with Gasteiger partial charge in [0.2, 0.25) is 0 Å². The van der Waals surface area contributed by atoms with Crippen LogP contribution in [0.15, 0.2) is 11.6 Å². The molecule has 3 heteroatoms. The smallest absolute Gasteiger partial charge is 0.113 e. The lowest BCUT2D eigenvalue weighted by Crippen LogP contribution is -2.52. The molecule has 17 heavy (non-hydrogen) atoms. The van der Waals surface area contributed by atoms with Gasteiger partial charge in [-0.05, 0) is 31.2 Å². The van der Waals surface area contributed by atoms with E-state index in [1.165, 1.54) is 30.7 Å². The summed E-state index contributed by atoms with van der Waals surface area (Å²) in [7, 11) is 2.10. The van der Waals surface area contributed by atoms with Crippen molar-refractivity contribution in [2.45, 2.75) is 52.0 Å². The SMILES string of the molecule is CNC1(c2nccs2)CCCCC1C(C)(C)C. The van der Waals surface area contributed by atoms with Crippen molar-refractivity contribution in [1.29, 1.82) is 0 Å². The van der Waals surface area contributed by atoms with Crippen molar-refractivity contribution >= 4 is 11.3 Å². The predicted molar refractivity (Wildman–Crippen MR) is 74.3 cm³/mol. The lowest BCUT2D eigenvalue weighted by molar-refractivity contribution is 0.0536. The highest BCUT2D eigenvalue weighted by Crippen LogP contribution is 2.49. The zero-order chi connectivity index (χ0) is 12.5. The average molecular weight is 252 g/mol. The summed E-state index contributed by atoms with van der Waals surface area (Å²) in [5, 5.41) is 7.00. The number of aromatic nitrogens is 1. The first kappa shape index (κ1) is 13.0. The van der Waals surface area contributed by atoms with E-state index in [0.29, 0.717) is 11.3 Å². The summed E-state index contributed by atoms with van der Waals surface area (Å²) < 4.78 is 0. The van der Waals surface area contributed by atoms with Gasteiger partial charge in [0.15, 0.2) is 0 Å². The average Bonchev–Trinajstić information content (AvgIpc) is 2.81. The Labute approximate surface area is 109 Å². The molecule has 2 rings (SSSR count). The summed E-state index contributed by atoms with van der Waals surface area (Å²) in [6.45, 7) is 7.09. The van der Waals surface area contributed by atoms with Gasteiger partial charge in [-0.15, -0.1) is 11.3 Å². The first-order valence-corrected chi connectivity index (χ1v) is 7.47. The van der Waals surface area contributed by atoms with Crippen LogP contribution in [0, 0.1) is 11.3 Å². The van der Waals surface area contributed by atoms with Crippen molar-refractivity contribution < 1.29 is 0 Å². The molecule has 2 nitrogen and oxygen atoms in total. The second-order valence-corrected chi connectivity index (χ2v) is 7.12. The van der Waals surface area contributed by atoms with Crippen molar-refractivity contribution in [2.24, 2.45) is 11.3 Å². The maximum absolute atomic E-state index is 4.60. The topological polar surface area (TPSA) is 24.9 Å². The van der Waals surface area contributed by atoms with Crippen LogP contribution in [0.1, 0.15) is 51.5 Å². The van der Waals surface area contributed by atoms with Crippen LogP contribution >= 0.6 is 11.3 Å². The zero-order valence-electron chi connectivity index (χ0n) is 11.4. The lowest BCUT2D eigenvalue weighted by Gasteiger charge is -2.49.